The summed E-state index contributed by atoms with van der Waals surface area (Å²) in [5, 5.41) is 4.25. The average Bonchev–Trinajstić information content (AvgIpc) is 3.16. The van der Waals surface area contributed by atoms with Gasteiger partial charge >= 0.3 is 0 Å². The number of carbonyl (C=O) groups excluding carboxylic acids is 2. The SMILES string of the molecule is CC(=O)N1CCc2c(nc(C3CCCCN3C(=O)CCn3nccc3C)[nH]c2=O)C1. The molecule has 9 nitrogen and oxygen atoms in total. The van der Waals surface area contributed by atoms with Gasteiger partial charge in [0.15, 0.2) is 0 Å². The van der Waals surface area contributed by atoms with E-state index < -0.39 is 0 Å². The van der Waals surface area contributed by atoms with E-state index in [1.165, 1.54) is 6.92 Å². The maximum Gasteiger partial charge on any atom is 0.254 e. The molecule has 9 heteroatoms. The molecule has 1 N–H and O–H groups in total. The molecule has 2 aromatic rings. The summed E-state index contributed by atoms with van der Waals surface area (Å²) in [5.41, 5.74) is 2.18. The number of aryl methyl sites for hydroxylation is 2. The van der Waals surface area contributed by atoms with Gasteiger partial charge in [-0.1, -0.05) is 0 Å². The van der Waals surface area contributed by atoms with Crippen LogP contribution in [0.2, 0.25) is 0 Å². The van der Waals surface area contributed by atoms with Gasteiger partial charge in [0.2, 0.25) is 11.8 Å². The monoisotopic (exact) mass is 412 g/mol. The highest BCUT2D eigenvalue weighted by Gasteiger charge is 2.31. The fraction of sp³-hybridized carbons (Fsp3) is 0.571. The van der Waals surface area contributed by atoms with Crippen molar-refractivity contribution in [3.63, 3.8) is 0 Å². The molecule has 1 atom stereocenters. The van der Waals surface area contributed by atoms with Crippen molar-refractivity contribution in [2.45, 2.75) is 65.1 Å². The zero-order valence-corrected chi connectivity index (χ0v) is 17.6. The minimum atomic E-state index is -0.240. The third kappa shape index (κ3) is 4.01. The van der Waals surface area contributed by atoms with Gasteiger partial charge in [0, 0.05) is 50.4 Å². The lowest BCUT2D eigenvalue weighted by atomic mass is 9.99. The van der Waals surface area contributed by atoms with Crippen LogP contribution in [0.1, 0.15) is 61.4 Å². The molecule has 0 saturated carbocycles. The quantitative estimate of drug-likeness (QED) is 0.816. The second-order valence-corrected chi connectivity index (χ2v) is 8.11. The number of piperidine rings is 1. The summed E-state index contributed by atoms with van der Waals surface area (Å²) in [6, 6.07) is 1.68. The third-order valence-corrected chi connectivity index (χ3v) is 6.14. The molecule has 4 heterocycles. The summed E-state index contributed by atoms with van der Waals surface area (Å²) in [7, 11) is 0. The standard InChI is InChI=1S/C21H28N6O3/c1-14-6-9-22-27(14)12-8-19(29)26-10-4-3-5-18(26)20-23-17-13-25(15(2)28)11-7-16(17)21(30)24-20/h6,9,18H,3-5,7-8,10-13H2,1-2H3,(H,23,24,30). The van der Waals surface area contributed by atoms with Crippen molar-refractivity contribution in [1.82, 2.24) is 29.5 Å². The Hall–Kier alpha value is -2.97. The summed E-state index contributed by atoms with van der Waals surface area (Å²) in [5.74, 6) is 0.556. The van der Waals surface area contributed by atoms with Gasteiger partial charge in [0.1, 0.15) is 5.82 Å². The first kappa shape index (κ1) is 20.3. The number of nitrogens with zero attached hydrogens (tertiary/aromatic N) is 5. The molecule has 0 aliphatic carbocycles. The second-order valence-electron chi connectivity index (χ2n) is 8.11. The number of likely N-dealkylation sites (tertiary alicyclic amines) is 1. The highest BCUT2D eigenvalue weighted by atomic mass is 16.2. The minimum absolute atomic E-state index is 0.0207. The van der Waals surface area contributed by atoms with E-state index in [1.807, 2.05) is 22.6 Å². The number of nitrogens with one attached hydrogen (secondary N) is 1. The summed E-state index contributed by atoms with van der Waals surface area (Å²) in [6.07, 6.45) is 5.28. The van der Waals surface area contributed by atoms with Gasteiger partial charge < -0.3 is 14.8 Å². The van der Waals surface area contributed by atoms with Gasteiger partial charge in [-0.15, -0.1) is 0 Å². The van der Waals surface area contributed by atoms with Crippen LogP contribution >= 0.6 is 0 Å². The van der Waals surface area contributed by atoms with Crippen LogP contribution in [0.3, 0.4) is 0 Å². The summed E-state index contributed by atoms with van der Waals surface area (Å²) in [4.78, 5) is 48.7. The van der Waals surface area contributed by atoms with Crippen molar-refractivity contribution in [2.75, 3.05) is 13.1 Å². The van der Waals surface area contributed by atoms with Crippen LogP contribution in [-0.2, 0) is 29.1 Å². The van der Waals surface area contributed by atoms with E-state index in [0.29, 0.717) is 56.1 Å². The van der Waals surface area contributed by atoms with Crippen molar-refractivity contribution >= 4 is 11.8 Å². The molecule has 2 aromatic heterocycles. The first-order valence-electron chi connectivity index (χ1n) is 10.6. The number of hydrogen-bond acceptors (Lipinski definition) is 5. The zero-order valence-electron chi connectivity index (χ0n) is 17.6. The lowest BCUT2D eigenvalue weighted by Crippen LogP contribution is -2.42. The normalized spacial score (nSPS) is 18.9. The van der Waals surface area contributed by atoms with Crippen molar-refractivity contribution in [2.24, 2.45) is 0 Å². The number of aromatic amines is 1. The van der Waals surface area contributed by atoms with Gasteiger partial charge in [0.25, 0.3) is 5.56 Å². The molecule has 4 rings (SSSR count). The van der Waals surface area contributed by atoms with Crippen LogP contribution in [0.5, 0.6) is 0 Å². The number of H-pyrrole nitrogens is 1. The predicted octanol–water partition coefficient (Wildman–Crippen LogP) is 1.32. The summed E-state index contributed by atoms with van der Waals surface area (Å²) < 4.78 is 1.83. The number of rotatable bonds is 4. The van der Waals surface area contributed by atoms with E-state index in [2.05, 4.69) is 10.1 Å². The van der Waals surface area contributed by atoms with Crippen molar-refractivity contribution < 1.29 is 9.59 Å². The summed E-state index contributed by atoms with van der Waals surface area (Å²) in [6.45, 7) is 5.56. The van der Waals surface area contributed by atoms with E-state index in [1.54, 1.807) is 11.1 Å². The Kier molecular flexibility index (Phi) is 5.69. The molecule has 2 amide bonds. The van der Waals surface area contributed by atoms with Crippen LogP contribution < -0.4 is 5.56 Å². The highest BCUT2D eigenvalue weighted by Crippen LogP contribution is 2.30. The first-order valence-corrected chi connectivity index (χ1v) is 10.6. The predicted molar refractivity (Wildman–Crippen MR) is 110 cm³/mol. The number of fused-ring (bicyclic) bond motifs is 1. The van der Waals surface area contributed by atoms with E-state index in [0.717, 1.165) is 25.0 Å². The lowest BCUT2D eigenvalue weighted by Gasteiger charge is -2.36. The van der Waals surface area contributed by atoms with Gasteiger partial charge in [0.05, 0.1) is 18.3 Å². The first-order chi connectivity index (χ1) is 14.4. The molecule has 0 bridgehead atoms. The van der Waals surface area contributed by atoms with Gasteiger partial charge in [-0.3, -0.25) is 19.1 Å². The van der Waals surface area contributed by atoms with Gasteiger partial charge in [-0.25, -0.2) is 4.98 Å². The van der Waals surface area contributed by atoms with E-state index in [4.69, 9.17) is 4.98 Å². The van der Waals surface area contributed by atoms with E-state index in [-0.39, 0.29) is 23.4 Å². The molecular formula is C21H28N6O3. The fourth-order valence-corrected chi connectivity index (χ4v) is 4.38. The van der Waals surface area contributed by atoms with Crippen molar-refractivity contribution in [3.8, 4) is 0 Å². The maximum absolute atomic E-state index is 13.0. The molecule has 1 saturated heterocycles. The topological polar surface area (TPSA) is 104 Å². The number of amides is 2. The van der Waals surface area contributed by atoms with E-state index >= 15 is 0 Å². The fourth-order valence-electron chi connectivity index (χ4n) is 4.38. The zero-order chi connectivity index (χ0) is 21.3. The maximum atomic E-state index is 13.0. The van der Waals surface area contributed by atoms with Crippen molar-refractivity contribution in [3.05, 3.63) is 45.4 Å². The highest BCUT2D eigenvalue weighted by molar-refractivity contribution is 5.76. The van der Waals surface area contributed by atoms with Gasteiger partial charge in [-0.05, 0) is 38.7 Å². The lowest BCUT2D eigenvalue weighted by molar-refractivity contribution is -0.135. The third-order valence-electron chi connectivity index (χ3n) is 6.14. The number of carbonyl (C=O) groups is 2. The minimum Gasteiger partial charge on any atom is -0.337 e. The molecule has 30 heavy (non-hydrogen) atoms. The molecule has 0 radical (unpaired) electrons. The average molecular weight is 412 g/mol. The molecule has 0 aromatic carbocycles. The molecule has 1 unspecified atom stereocenters. The summed E-state index contributed by atoms with van der Waals surface area (Å²) >= 11 is 0. The molecule has 160 valence electrons. The van der Waals surface area contributed by atoms with Crippen LogP contribution in [-0.4, -0.2) is 54.5 Å². The Bertz CT molecular complexity index is 1010. The van der Waals surface area contributed by atoms with Crippen LogP contribution in [0, 0.1) is 6.92 Å². The smallest absolute Gasteiger partial charge is 0.254 e. The Morgan fingerprint density at radius 1 is 1.27 bits per heavy atom. The molecular weight excluding hydrogens is 384 g/mol. The molecule has 2 aliphatic heterocycles. The van der Waals surface area contributed by atoms with Crippen LogP contribution in [0.4, 0.5) is 0 Å². The Labute approximate surface area is 175 Å². The van der Waals surface area contributed by atoms with Crippen LogP contribution in [0.25, 0.3) is 0 Å². The number of aromatic nitrogens is 4. The van der Waals surface area contributed by atoms with Gasteiger partial charge in [-0.2, -0.15) is 5.10 Å². The number of hydrogen-bond donors (Lipinski definition) is 1. The molecule has 0 spiro atoms. The largest absolute Gasteiger partial charge is 0.337 e. The van der Waals surface area contributed by atoms with Crippen molar-refractivity contribution in [1.29, 1.82) is 0 Å². The molecule has 2 aliphatic rings. The second kappa shape index (κ2) is 8.41. The molecule has 1 fully saturated rings. The van der Waals surface area contributed by atoms with E-state index in [9.17, 15) is 14.4 Å². The Morgan fingerprint density at radius 3 is 2.83 bits per heavy atom. The Morgan fingerprint density at radius 2 is 2.10 bits per heavy atom. The van der Waals surface area contributed by atoms with Crippen LogP contribution in [0.15, 0.2) is 17.1 Å². The Balaban J connectivity index is 1.55.